The van der Waals surface area contributed by atoms with Crippen molar-refractivity contribution in [2.24, 2.45) is 0 Å². The number of ether oxygens (including phenoxy) is 2. The first-order valence-corrected chi connectivity index (χ1v) is 17.9. The van der Waals surface area contributed by atoms with Gasteiger partial charge in [-0.3, -0.25) is 14.3 Å². The van der Waals surface area contributed by atoms with Gasteiger partial charge in [0.1, 0.15) is 17.0 Å². The monoisotopic (exact) mass is 674 g/mol. The molecule has 1 aliphatic rings. The molecular weight excluding hydrogens is 623 g/mol. The van der Waals surface area contributed by atoms with Gasteiger partial charge in [0.15, 0.2) is 5.16 Å². The molecular formula is C35H51N2O9P. The molecule has 1 heterocycles. The predicted octanol–water partition coefficient (Wildman–Crippen LogP) is 7.66. The first-order chi connectivity index (χ1) is 21.8. The number of phenols is 1. The van der Waals surface area contributed by atoms with Crippen molar-refractivity contribution in [3.05, 3.63) is 53.6 Å². The highest BCUT2D eigenvalue weighted by Crippen LogP contribution is 2.63. The van der Waals surface area contributed by atoms with E-state index in [1.807, 2.05) is 42.2 Å². The summed E-state index contributed by atoms with van der Waals surface area (Å²) in [5, 5.41) is 19.3. The lowest BCUT2D eigenvalue weighted by molar-refractivity contribution is -0.141. The fourth-order valence-electron chi connectivity index (χ4n) is 5.67. The lowest BCUT2D eigenvalue weighted by Crippen LogP contribution is -2.54. The number of carbonyl (C=O) groups is 3. The zero-order valence-electron chi connectivity index (χ0n) is 29.0. The molecule has 0 saturated carbocycles. The van der Waals surface area contributed by atoms with Crippen LogP contribution in [0.5, 0.6) is 5.75 Å². The van der Waals surface area contributed by atoms with Gasteiger partial charge in [0.2, 0.25) is 7.37 Å². The van der Waals surface area contributed by atoms with E-state index >= 15 is 0 Å². The van der Waals surface area contributed by atoms with Crippen LogP contribution in [0.1, 0.15) is 78.9 Å². The molecule has 2 atom stereocenters. The highest BCUT2D eigenvalue weighted by molar-refractivity contribution is 7.62. The molecule has 3 rings (SSSR count). The number of aromatic hydroxyl groups is 1. The lowest BCUT2D eigenvalue weighted by atomic mass is 9.96. The number of hydrogen-bond acceptors (Lipinski definition) is 9. The summed E-state index contributed by atoms with van der Waals surface area (Å²) < 4.78 is 31.0. The van der Waals surface area contributed by atoms with Gasteiger partial charge in [-0.2, -0.15) is 0 Å². The molecule has 0 aliphatic carbocycles. The van der Waals surface area contributed by atoms with Crippen LogP contribution in [0.3, 0.4) is 0 Å². The molecule has 2 aromatic carbocycles. The Labute approximate surface area is 278 Å². The van der Waals surface area contributed by atoms with Crippen molar-refractivity contribution in [2.75, 3.05) is 32.4 Å². The van der Waals surface area contributed by atoms with E-state index in [2.05, 4.69) is 0 Å². The van der Waals surface area contributed by atoms with Crippen molar-refractivity contribution in [1.29, 1.82) is 0 Å². The summed E-state index contributed by atoms with van der Waals surface area (Å²) in [7, 11) is -3.67. The first kappa shape index (κ1) is 38.1. The minimum atomic E-state index is -3.67. The van der Waals surface area contributed by atoms with Gasteiger partial charge in [0, 0.05) is 32.3 Å². The number of rotatable bonds is 11. The first-order valence-electron chi connectivity index (χ1n) is 16.1. The summed E-state index contributed by atoms with van der Waals surface area (Å²) in [5.74, 6) is -1.09. The molecule has 0 radical (unpaired) electrons. The molecule has 1 unspecified atom stereocenters. The summed E-state index contributed by atoms with van der Waals surface area (Å²) in [4.78, 5) is 41.9. The zero-order valence-corrected chi connectivity index (χ0v) is 29.9. The molecule has 0 bridgehead atoms. The molecule has 1 fully saturated rings. The Kier molecular flexibility index (Phi) is 12.3. The van der Waals surface area contributed by atoms with Crippen LogP contribution in [0.2, 0.25) is 0 Å². The molecule has 1 aliphatic heterocycles. The molecule has 47 heavy (non-hydrogen) atoms. The van der Waals surface area contributed by atoms with E-state index in [1.54, 1.807) is 60.6 Å². The number of imide groups is 1. The number of benzene rings is 2. The number of aryl methyl sites for hydroxylation is 1. The smallest absolute Gasteiger partial charge is 0.419 e. The second kappa shape index (κ2) is 15.2. The fourth-order valence-corrected chi connectivity index (χ4v) is 8.64. The maximum absolute atomic E-state index is 14.3. The van der Waals surface area contributed by atoms with Gasteiger partial charge in [0.05, 0.1) is 6.61 Å². The topological polar surface area (TPSA) is 143 Å². The van der Waals surface area contributed by atoms with E-state index < -0.39 is 41.9 Å². The van der Waals surface area contributed by atoms with Gasteiger partial charge in [-0.25, -0.2) is 14.5 Å². The summed E-state index contributed by atoms with van der Waals surface area (Å²) in [5.41, 5.74) is 2.04. The molecule has 2 amide bonds. The molecule has 11 nitrogen and oxygen atoms in total. The second-order valence-corrected chi connectivity index (χ2v) is 17.0. The van der Waals surface area contributed by atoms with Crippen molar-refractivity contribution >= 4 is 25.5 Å². The van der Waals surface area contributed by atoms with Gasteiger partial charge in [-0.05, 0) is 103 Å². The number of nitrogens with zero attached hydrogens (tertiary/aromatic N) is 2. The average molecular weight is 675 g/mol. The average Bonchev–Trinajstić information content (AvgIpc) is 2.94. The van der Waals surface area contributed by atoms with Crippen molar-refractivity contribution in [1.82, 2.24) is 9.80 Å². The van der Waals surface area contributed by atoms with Crippen LogP contribution in [-0.2, 0) is 29.9 Å². The van der Waals surface area contributed by atoms with Crippen LogP contribution in [0.25, 0.3) is 11.1 Å². The van der Waals surface area contributed by atoms with Crippen LogP contribution in [-0.4, -0.2) is 86.9 Å². The molecule has 12 heteroatoms. The highest BCUT2D eigenvalue weighted by Gasteiger charge is 2.58. The zero-order chi connectivity index (χ0) is 35.2. The van der Waals surface area contributed by atoms with Crippen LogP contribution in [0, 0.1) is 6.92 Å². The largest absolute Gasteiger partial charge is 0.508 e. The van der Waals surface area contributed by atoms with Crippen LogP contribution in [0.4, 0.5) is 9.59 Å². The number of aliphatic carboxylic acids is 1. The molecule has 260 valence electrons. The molecule has 0 spiro atoms. The number of carboxylic acid groups (broad SMARTS) is 1. The number of amides is 2. The van der Waals surface area contributed by atoms with E-state index in [1.165, 1.54) is 0 Å². The molecule has 0 aromatic heterocycles. The van der Waals surface area contributed by atoms with Crippen LogP contribution >= 0.6 is 7.37 Å². The number of phenolic OH excluding ortho intramolecular Hbond substituents is 1. The van der Waals surface area contributed by atoms with Gasteiger partial charge in [-0.15, -0.1) is 0 Å². The number of unbranched alkanes of at least 4 members (excludes halogenated alkanes) is 1. The lowest BCUT2D eigenvalue weighted by Gasteiger charge is -2.45. The Balaban J connectivity index is 1.85. The van der Waals surface area contributed by atoms with E-state index in [0.717, 1.165) is 27.2 Å². The Morgan fingerprint density at radius 3 is 2.09 bits per heavy atom. The van der Waals surface area contributed by atoms with E-state index in [-0.39, 0.29) is 50.9 Å². The van der Waals surface area contributed by atoms with Gasteiger partial charge in [0.25, 0.3) is 0 Å². The summed E-state index contributed by atoms with van der Waals surface area (Å²) in [6.07, 6.45) is -1.17. The van der Waals surface area contributed by atoms with Gasteiger partial charge >= 0.3 is 18.2 Å². The third kappa shape index (κ3) is 10.0. The molecule has 2 N–H and O–H groups in total. The van der Waals surface area contributed by atoms with E-state index in [9.17, 15) is 29.2 Å². The van der Waals surface area contributed by atoms with Crippen molar-refractivity contribution in [3.8, 4) is 16.9 Å². The SMILES string of the molecule is CCOP1(=O)CCN(Cc2ccc(O)cc2-c2ccc(C)cc2)C[C@@]1(CCCCN(C(=O)OC(C)(C)C)C(=O)OC(C)(C)C)C(=O)O. The summed E-state index contributed by atoms with van der Waals surface area (Å²) >= 11 is 0. The normalized spacial score (nSPS) is 20.4. The maximum atomic E-state index is 14.3. The predicted molar refractivity (Wildman–Crippen MR) is 181 cm³/mol. The second-order valence-electron chi connectivity index (χ2n) is 14.1. The standard InChI is InChI=1S/C35H51N2O9P/c1-9-44-47(43)21-20-36(23-27-16-17-28(38)22-29(27)26-14-12-25(2)13-15-26)24-35(47,30(39)40)18-10-11-19-37(31(41)45-33(3,4)5)32(42)46-34(6,7)8/h12-17,22,38H,9-11,18-21,23-24H2,1-8H3,(H,39,40)/t35-,47?/m0/s1. The third-order valence-corrected chi connectivity index (χ3v) is 11.2. The van der Waals surface area contributed by atoms with Crippen LogP contribution < -0.4 is 0 Å². The Morgan fingerprint density at radius 1 is 0.957 bits per heavy atom. The van der Waals surface area contributed by atoms with Crippen molar-refractivity contribution < 1.29 is 43.2 Å². The minimum absolute atomic E-state index is 0.00693. The Hall–Kier alpha value is -3.40. The quantitative estimate of drug-likeness (QED) is 0.180. The van der Waals surface area contributed by atoms with Crippen LogP contribution in [0.15, 0.2) is 42.5 Å². The molecule has 1 saturated heterocycles. The van der Waals surface area contributed by atoms with Crippen molar-refractivity contribution in [3.63, 3.8) is 0 Å². The summed E-state index contributed by atoms with van der Waals surface area (Å²) in [6, 6.07) is 13.1. The van der Waals surface area contributed by atoms with E-state index in [0.29, 0.717) is 13.1 Å². The number of carbonyl (C=O) groups excluding carboxylic acids is 2. The molecule has 2 aromatic rings. The number of carboxylic acids is 1. The van der Waals surface area contributed by atoms with Gasteiger partial charge in [-0.1, -0.05) is 35.9 Å². The highest BCUT2D eigenvalue weighted by atomic mass is 31.2. The maximum Gasteiger partial charge on any atom is 0.419 e. The summed E-state index contributed by atoms with van der Waals surface area (Å²) in [6.45, 7) is 14.6. The Bertz CT molecular complexity index is 1430. The third-order valence-electron chi connectivity index (χ3n) is 7.88. The Morgan fingerprint density at radius 2 is 1.55 bits per heavy atom. The fraction of sp³-hybridized carbons (Fsp3) is 0.571. The van der Waals surface area contributed by atoms with Gasteiger partial charge < -0.3 is 24.2 Å². The van der Waals surface area contributed by atoms with E-state index in [4.69, 9.17) is 14.0 Å². The van der Waals surface area contributed by atoms with Crippen molar-refractivity contribution in [2.45, 2.75) is 97.6 Å². The number of hydrogen-bond donors (Lipinski definition) is 2. The minimum Gasteiger partial charge on any atom is -0.508 e.